The van der Waals surface area contributed by atoms with E-state index >= 15 is 0 Å². The average molecular weight is 193 g/mol. The van der Waals surface area contributed by atoms with Crippen molar-refractivity contribution in [2.75, 3.05) is 0 Å². The van der Waals surface area contributed by atoms with Crippen molar-refractivity contribution in [3.8, 4) is 0 Å². The Kier molecular flexibility index (Phi) is 92.6. The van der Waals surface area contributed by atoms with E-state index in [-0.39, 0.29) is 12.3 Å². The van der Waals surface area contributed by atoms with Gasteiger partial charge in [-0.05, 0) is 0 Å². The highest BCUT2D eigenvalue weighted by Gasteiger charge is 1.65. The van der Waals surface area contributed by atoms with Crippen molar-refractivity contribution in [1.82, 2.24) is 12.3 Å². The largest absolute Gasteiger partial charge is 0.344 e. The van der Waals surface area contributed by atoms with Crippen LogP contribution >= 0.6 is 0 Å². The molecule has 0 aliphatic rings. The Morgan fingerprint density at radius 1 is 0.917 bits per heavy atom. The van der Waals surface area contributed by atoms with E-state index in [1.165, 1.54) is 0 Å². The number of rotatable bonds is 0. The second-order valence-electron chi connectivity index (χ2n) is 0.476. The van der Waals surface area contributed by atoms with Gasteiger partial charge in [0, 0.05) is 0 Å². The van der Waals surface area contributed by atoms with Gasteiger partial charge < -0.3 is 27.9 Å². The van der Waals surface area contributed by atoms with E-state index in [0.29, 0.717) is 0 Å². The van der Waals surface area contributed by atoms with Crippen molar-refractivity contribution in [2.45, 2.75) is 0 Å². The lowest BCUT2D eigenvalue weighted by atomic mass is 13.1. The van der Waals surface area contributed by atoms with Crippen LogP contribution in [0.4, 0.5) is 0 Å². The minimum absolute atomic E-state index is 0. The van der Waals surface area contributed by atoms with Crippen molar-refractivity contribution in [3.63, 3.8) is 0 Å². The first-order valence-electron chi connectivity index (χ1n) is 1.39. The zero-order valence-electron chi connectivity index (χ0n) is 5.86. The van der Waals surface area contributed by atoms with E-state index in [1.54, 1.807) is 0 Å². The molecule has 0 amide bonds. The molecule has 0 unspecified atom stereocenters. The molecule has 0 fully saturated rings. The lowest BCUT2D eigenvalue weighted by Gasteiger charge is -1.56. The summed E-state index contributed by atoms with van der Waals surface area (Å²) >= 11 is 0. The molecular formula is H11N5O7. The maximum absolute atomic E-state index is 8.36. The molecule has 0 aliphatic carbocycles. The summed E-state index contributed by atoms with van der Waals surface area (Å²) in [7, 11) is 0. The molecule has 0 spiro atoms. The third-order valence-corrected chi connectivity index (χ3v) is 0. The topological polar surface area (TPSA) is 243 Å². The Balaban J connectivity index is -0.0000000198. The van der Waals surface area contributed by atoms with Gasteiger partial charge >= 0.3 is 0 Å². The van der Waals surface area contributed by atoms with Crippen LogP contribution < -0.4 is 18.2 Å². The van der Waals surface area contributed by atoms with E-state index in [4.69, 9.17) is 35.9 Å². The van der Waals surface area contributed by atoms with E-state index < -0.39 is 10.2 Å². The summed E-state index contributed by atoms with van der Waals surface area (Å²) in [5, 5.41) is 33.8. The Morgan fingerprint density at radius 3 is 0.917 bits per heavy atom. The Bertz CT molecular complexity index is 69.8. The van der Waals surface area contributed by atoms with Crippen molar-refractivity contribution >= 4 is 0 Å². The molecule has 0 aromatic carbocycles. The first-order chi connectivity index (χ1) is 4.46. The maximum atomic E-state index is 8.36. The zero-order valence-corrected chi connectivity index (χ0v) is 5.86. The molecule has 0 aromatic heterocycles. The molecular weight excluding hydrogens is 182 g/mol. The van der Waals surface area contributed by atoms with E-state index in [2.05, 4.69) is 5.90 Å². The highest BCUT2D eigenvalue weighted by atomic mass is 16.9. The standard InChI is InChI=1S/2HNO3.H3NO.2H3N/c2*2-1(3)4;1-2;;/h2*(H,2,3,4);2H,1H2;2*1H3. The van der Waals surface area contributed by atoms with Crippen molar-refractivity contribution in [2.24, 2.45) is 5.90 Å². The molecule has 0 heterocycles. The minimum Gasteiger partial charge on any atom is -0.344 e. The van der Waals surface area contributed by atoms with Gasteiger partial charge in [0.1, 0.15) is 0 Å². The highest BCUT2D eigenvalue weighted by molar-refractivity contribution is 3.83. The summed E-state index contributed by atoms with van der Waals surface area (Å²) in [6.45, 7) is 0. The highest BCUT2D eigenvalue weighted by Crippen LogP contribution is 1.38. The van der Waals surface area contributed by atoms with Gasteiger partial charge in [-0.15, -0.1) is 20.2 Å². The van der Waals surface area contributed by atoms with Gasteiger partial charge in [0.05, 0.1) is 0 Å². The molecule has 0 rings (SSSR count). The summed E-state index contributed by atoms with van der Waals surface area (Å²) in [6.07, 6.45) is 0. The molecule has 12 heteroatoms. The lowest BCUT2D eigenvalue weighted by Crippen LogP contribution is -1.81. The predicted octanol–water partition coefficient (Wildman–Crippen LogP) is -1.04. The van der Waals surface area contributed by atoms with E-state index in [0.717, 1.165) is 0 Å². The SMILES string of the molecule is N.N.NO.O=[N+]([O-])O.O=[N+]([O-])O. The minimum atomic E-state index is -1.50. The second kappa shape index (κ2) is 34.9. The fourth-order valence-electron chi connectivity index (χ4n) is 0. The molecule has 0 atom stereocenters. The zero-order chi connectivity index (χ0) is 9.15. The lowest BCUT2D eigenvalue weighted by molar-refractivity contribution is -0.742. The van der Waals surface area contributed by atoms with Crippen molar-refractivity contribution in [1.29, 1.82) is 0 Å². The van der Waals surface area contributed by atoms with Gasteiger partial charge in [0.25, 0.3) is 10.2 Å². The Hall–Kier alpha value is -1.76. The van der Waals surface area contributed by atoms with Crippen LogP contribution in [0.25, 0.3) is 0 Å². The molecule has 0 aromatic rings. The second-order valence-corrected chi connectivity index (χ2v) is 0.476. The molecule has 78 valence electrons. The maximum Gasteiger partial charge on any atom is 0.291 e. The van der Waals surface area contributed by atoms with Crippen LogP contribution in [0.15, 0.2) is 0 Å². The van der Waals surface area contributed by atoms with E-state index in [9.17, 15) is 0 Å². The number of hydrogen-bond acceptors (Lipinski definition) is 8. The molecule has 0 bridgehead atoms. The van der Waals surface area contributed by atoms with Crippen molar-refractivity contribution in [3.05, 3.63) is 20.2 Å². The first kappa shape index (κ1) is 31.8. The van der Waals surface area contributed by atoms with Gasteiger partial charge in [0.15, 0.2) is 0 Å². The predicted molar refractivity (Wildman–Crippen MR) is 33.6 cm³/mol. The quantitative estimate of drug-likeness (QED) is 0.201. The smallest absolute Gasteiger partial charge is 0.291 e. The van der Waals surface area contributed by atoms with Crippen LogP contribution in [0.2, 0.25) is 0 Å². The van der Waals surface area contributed by atoms with E-state index in [1.807, 2.05) is 0 Å². The molecule has 12 nitrogen and oxygen atoms in total. The van der Waals surface area contributed by atoms with Gasteiger partial charge in [-0.1, -0.05) is 0 Å². The van der Waals surface area contributed by atoms with Gasteiger partial charge in [0.2, 0.25) is 0 Å². The Labute approximate surface area is 65.5 Å². The van der Waals surface area contributed by atoms with Crippen LogP contribution in [0.5, 0.6) is 0 Å². The van der Waals surface area contributed by atoms with Crippen LogP contribution in [-0.2, 0) is 0 Å². The summed E-state index contributed by atoms with van der Waals surface area (Å²) in [6, 6.07) is 0. The fraction of sp³-hybridized carbons (Fsp3) is 0. The van der Waals surface area contributed by atoms with Crippen LogP contribution in [0, 0.1) is 20.2 Å². The summed E-state index contributed by atoms with van der Waals surface area (Å²) in [4.78, 5) is 16.7. The third-order valence-electron chi connectivity index (χ3n) is 0. The third kappa shape index (κ3) is 139. The van der Waals surface area contributed by atoms with Crippen LogP contribution in [0.3, 0.4) is 0 Å². The number of nitrogens with two attached hydrogens (primary N) is 1. The number of hydrogen-bond donors (Lipinski definition) is 6. The fourth-order valence-corrected chi connectivity index (χ4v) is 0. The summed E-state index contributed by atoms with van der Waals surface area (Å²) < 4.78 is 0. The van der Waals surface area contributed by atoms with Gasteiger partial charge in [-0.25, -0.2) is 5.90 Å². The molecule has 0 saturated heterocycles. The van der Waals surface area contributed by atoms with Crippen molar-refractivity contribution < 1.29 is 25.8 Å². The molecule has 0 radical (unpaired) electrons. The molecule has 12 heavy (non-hydrogen) atoms. The molecule has 0 saturated carbocycles. The molecule has 11 N–H and O–H groups in total. The van der Waals surface area contributed by atoms with Crippen LogP contribution in [0.1, 0.15) is 0 Å². The van der Waals surface area contributed by atoms with Gasteiger partial charge in [-0.2, -0.15) is 0 Å². The summed E-state index contributed by atoms with van der Waals surface area (Å²) in [5.74, 6) is 3.50. The summed E-state index contributed by atoms with van der Waals surface area (Å²) in [5.41, 5.74) is 0. The normalized spacial score (nSPS) is 4.50. The average Bonchev–Trinajstić information content (AvgIpc) is 1.66. The van der Waals surface area contributed by atoms with Gasteiger partial charge in [-0.3, -0.25) is 0 Å². The number of nitrogens with zero attached hydrogens (tertiary/aromatic N) is 2. The Morgan fingerprint density at radius 2 is 0.917 bits per heavy atom. The first-order valence-corrected chi connectivity index (χ1v) is 1.39. The van der Waals surface area contributed by atoms with Crippen LogP contribution in [-0.4, -0.2) is 25.8 Å². The monoisotopic (exact) mass is 193 g/mol. The molecule has 0 aliphatic heterocycles.